The quantitative estimate of drug-likeness (QED) is 0.821. The number of hydrogen-bond donors (Lipinski definition) is 2. The standard InChI is InChI=1S/C12H20N4O/c1-12(2,13-3)11(17)15-9-8-14-7-6-10(9)16(4)5/h6-8,13H,1-5H3,(H,15,17). The third-order valence-electron chi connectivity index (χ3n) is 2.72. The van der Waals surface area contributed by atoms with E-state index in [-0.39, 0.29) is 5.91 Å². The first-order chi connectivity index (χ1) is 7.88. The van der Waals surface area contributed by atoms with Gasteiger partial charge in [-0.15, -0.1) is 0 Å². The molecule has 1 heterocycles. The van der Waals surface area contributed by atoms with E-state index >= 15 is 0 Å². The highest BCUT2D eigenvalue weighted by atomic mass is 16.2. The molecule has 0 saturated carbocycles. The number of aromatic nitrogens is 1. The summed E-state index contributed by atoms with van der Waals surface area (Å²) in [7, 11) is 5.61. The number of rotatable bonds is 4. The largest absolute Gasteiger partial charge is 0.376 e. The van der Waals surface area contributed by atoms with Crippen LogP contribution < -0.4 is 15.5 Å². The maximum atomic E-state index is 12.0. The fourth-order valence-electron chi connectivity index (χ4n) is 1.27. The van der Waals surface area contributed by atoms with Gasteiger partial charge in [-0.1, -0.05) is 0 Å². The van der Waals surface area contributed by atoms with Crippen LogP contribution in [0.2, 0.25) is 0 Å². The predicted molar refractivity (Wildman–Crippen MR) is 70.3 cm³/mol. The van der Waals surface area contributed by atoms with Crippen LogP contribution in [0.15, 0.2) is 18.5 Å². The summed E-state index contributed by atoms with van der Waals surface area (Å²) in [5.74, 6) is -0.0869. The van der Waals surface area contributed by atoms with Crippen LogP contribution in [0.25, 0.3) is 0 Å². The Hall–Kier alpha value is -1.62. The van der Waals surface area contributed by atoms with Crippen molar-refractivity contribution < 1.29 is 4.79 Å². The van der Waals surface area contributed by atoms with E-state index in [1.165, 1.54) is 0 Å². The Morgan fingerprint density at radius 2 is 2.06 bits per heavy atom. The Morgan fingerprint density at radius 3 is 2.59 bits per heavy atom. The maximum Gasteiger partial charge on any atom is 0.244 e. The van der Waals surface area contributed by atoms with E-state index in [1.807, 2.05) is 38.9 Å². The summed E-state index contributed by atoms with van der Waals surface area (Å²) >= 11 is 0. The number of anilines is 2. The number of nitrogens with one attached hydrogen (secondary N) is 2. The van der Waals surface area contributed by atoms with Gasteiger partial charge in [-0.3, -0.25) is 9.78 Å². The summed E-state index contributed by atoms with van der Waals surface area (Å²) in [6, 6.07) is 1.86. The average molecular weight is 236 g/mol. The van der Waals surface area contributed by atoms with E-state index in [0.717, 1.165) is 5.69 Å². The Bertz CT molecular complexity index is 401. The van der Waals surface area contributed by atoms with Crippen molar-refractivity contribution in [3.05, 3.63) is 18.5 Å². The molecule has 0 fully saturated rings. The zero-order valence-electron chi connectivity index (χ0n) is 11.0. The second-order valence-electron chi connectivity index (χ2n) is 4.62. The van der Waals surface area contributed by atoms with Crippen molar-refractivity contribution in [1.82, 2.24) is 10.3 Å². The molecule has 0 aliphatic carbocycles. The lowest BCUT2D eigenvalue weighted by Crippen LogP contribution is -2.48. The van der Waals surface area contributed by atoms with Crippen LogP contribution >= 0.6 is 0 Å². The molecule has 1 rings (SSSR count). The topological polar surface area (TPSA) is 57.3 Å². The van der Waals surface area contributed by atoms with Crippen LogP contribution in [0.4, 0.5) is 11.4 Å². The minimum absolute atomic E-state index is 0.0869. The summed E-state index contributed by atoms with van der Waals surface area (Å²) in [6.07, 6.45) is 3.35. The predicted octanol–water partition coefficient (Wildman–Crippen LogP) is 1.08. The van der Waals surface area contributed by atoms with E-state index in [1.54, 1.807) is 19.4 Å². The van der Waals surface area contributed by atoms with Crippen molar-refractivity contribution in [3.63, 3.8) is 0 Å². The molecule has 1 aromatic heterocycles. The lowest BCUT2D eigenvalue weighted by atomic mass is 10.1. The zero-order valence-corrected chi connectivity index (χ0v) is 11.0. The molecule has 0 bridgehead atoms. The van der Waals surface area contributed by atoms with Gasteiger partial charge in [-0.25, -0.2) is 0 Å². The highest BCUT2D eigenvalue weighted by Crippen LogP contribution is 2.23. The Labute approximate surface area is 102 Å². The van der Waals surface area contributed by atoms with Crippen LogP contribution in [-0.2, 0) is 4.79 Å². The SMILES string of the molecule is CNC(C)(C)C(=O)Nc1cnccc1N(C)C. The van der Waals surface area contributed by atoms with Gasteiger partial charge >= 0.3 is 0 Å². The minimum atomic E-state index is -0.612. The molecule has 0 spiro atoms. The van der Waals surface area contributed by atoms with Gasteiger partial charge in [0.2, 0.25) is 5.91 Å². The number of amides is 1. The number of nitrogens with zero attached hydrogens (tertiary/aromatic N) is 2. The molecule has 0 unspecified atom stereocenters. The van der Waals surface area contributed by atoms with Gasteiger partial charge < -0.3 is 15.5 Å². The highest BCUT2D eigenvalue weighted by molar-refractivity contribution is 5.99. The fraction of sp³-hybridized carbons (Fsp3) is 0.500. The second kappa shape index (κ2) is 5.14. The molecule has 0 atom stereocenters. The van der Waals surface area contributed by atoms with Gasteiger partial charge in [0.25, 0.3) is 0 Å². The van der Waals surface area contributed by atoms with Crippen LogP contribution in [0.5, 0.6) is 0 Å². The van der Waals surface area contributed by atoms with Crippen molar-refractivity contribution in [1.29, 1.82) is 0 Å². The van der Waals surface area contributed by atoms with Crippen LogP contribution in [-0.4, -0.2) is 37.6 Å². The van der Waals surface area contributed by atoms with Gasteiger partial charge in [-0.2, -0.15) is 0 Å². The number of carbonyl (C=O) groups excluding carboxylic acids is 1. The molecule has 2 N–H and O–H groups in total. The summed E-state index contributed by atoms with van der Waals surface area (Å²) in [5.41, 5.74) is 1.03. The Balaban J connectivity index is 2.93. The first-order valence-electron chi connectivity index (χ1n) is 5.50. The van der Waals surface area contributed by atoms with Gasteiger partial charge in [0.15, 0.2) is 0 Å². The van der Waals surface area contributed by atoms with Crippen molar-refractivity contribution in [3.8, 4) is 0 Å². The van der Waals surface area contributed by atoms with E-state index < -0.39 is 5.54 Å². The normalized spacial score (nSPS) is 11.1. The number of hydrogen-bond acceptors (Lipinski definition) is 4. The molecule has 0 radical (unpaired) electrons. The van der Waals surface area contributed by atoms with Crippen molar-refractivity contribution in [2.24, 2.45) is 0 Å². The Morgan fingerprint density at radius 1 is 1.41 bits per heavy atom. The number of likely N-dealkylation sites (N-methyl/N-ethyl adjacent to an activating group) is 1. The third kappa shape index (κ3) is 3.17. The fourth-order valence-corrected chi connectivity index (χ4v) is 1.27. The number of pyridine rings is 1. The highest BCUT2D eigenvalue weighted by Gasteiger charge is 2.25. The summed E-state index contributed by atoms with van der Waals surface area (Å²) in [5, 5.41) is 5.84. The minimum Gasteiger partial charge on any atom is -0.376 e. The molecule has 1 aromatic rings. The van der Waals surface area contributed by atoms with Gasteiger partial charge in [0, 0.05) is 20.3 Å². The third-order valence-corrected chi connectivity index (χ3v) is 2.72. The molecule has 0 aliphatic rings. The molecule has 0 aromatic carbocycles. The monoisotopic (exact) mass is 236 g/mol. The molecule has 0 aliphatic heterocycles. The molecule has 5 nitrogen and oxygen atoms in total. The lowest BCUT2D eigenvalue weighted by Gasteiger charge is -2.24. The summed E-state index contributed by atoms with van der Waals surface area (Å²) in [6.45, 7) is 3.65. The molecule has 94 valence electrons. The van der Waals surface area contributed by atoms with E-state index in [2.05, 4.69) is 15.6 Å². The van der Waals surface area contributed by atoms with Gasteiger partial charge in [-0.05, 0) is 27.0 Å². The summed E-state index contributed by atoms with van der Waals surface area (Å²) < 4.78 is 0. The van der Waals surface area contributed by atoms with Gasteiger partial charge in [0.1, 0.15) is 0 Å². The lowest BCUT2D eigenvalue weighted by molar-refractivity contribution is -0.121. The van der Waals surface area contributed by atoms with E-state index in [4.69, 9.17) is 0 Å². The molecule has 1 amide bonds. The molecule has 17 heavy (non-hydrogen) atoms. The molecule has 5 heteroatoms. The first kappa shape index (κ1) is 13.4. The van der Waals surface area contributed by atoms with Crippen molar-refractivity contribution in [2.75, 3.05) is 31.4 Å². The Kier molecular flexibility index (Phi) is 4.07. The number of carbonyl (C=O) groups is 1. The molecule has 0 saturated heterocycles. The van der Waals surface area contributed by atoms with E-state index in [9.17, 15) is 4.79 Å². The average Bonchev–Trinajstić information content (AvgIpc) is 2.29. The zero-order chi connectivity index (χ0) is 13.1. The van der Waals surface area contributed by atoms with E-state index in [0.29, 0.717) is 5.69 Å². The second-order valence-corrected chi connectivity index (χ2v) is 4.62. The smallest absolute Gasteiger partial charge is 0.244 e. The van der Waals surface area contributed by atoms with Crippen molar-refractivity contribution in [2.45, 2.75) is 19.4 Å². The van der Waals surface area contributed by atoms with Crippen LogP contribution in [0, 0.1) is 0 Å². The molecular formula is C12H20N4O. The van der Waals surface area contributed by atoms with Gasteiger partial charge in [0.05, 0.1) is 23.1 Å². The van der Waals surface area contributed by atoms with Crippen molar-refractivity contribution >= 4 is 17.3 Å². The maximum absolute atomic E-state index is 12.0. The van der Waals surface area contributed by atoms with Crippen LogP contribution in [0.3, 0.4) is 0 Å². The molecular weight excluding hydrogens is 216 g/mol. The first-order valence-corrected chi connectivity index (χ1v) is 5.50. The van der Waals surface area contributed by atoms with Crippen LogP contribution in [0.1, 0.15) is 13.8 Å². The summed E-state index contributed by atoms with van der Waals surface area (Å²) in [4.78, 5) is 18.0.